The van der Waals surface area contributed by atoms with Crippen LogP contribution in [-0.4, -0.2) is 31.9 Å². The maximum absolute atomic E-state index is 14.2. The Morgan fingerprint density at radius 3 is 2.81 bits per heavy atom. The van der Waals surface area contributed by atoms with Crippen molar-refractivity contribution in [3.05, 3.63) is 63.2 Å². The number of fused-ring (bicyclic) bond motifs is 2. The summed E-state index contributed by atoms with van der Waals surface area (Å²) >= 11 is 0. The second-order valence-electron chi connectivity index (χ2n) is 6.34. The number of nitrogens with one attached hydrogen (secondary N) is 1. The number of carbonyl (C=O) groups is 1. The number of imidazole rings is 1. The third-order valence-electron chi connectivity index (χ3n) is 4.83. The van der Waals surface area contributed by atoms with E-state index in [1.165, 1.54) is 15.7 Å². The molecule has 1 N–H and O–H groups in total. The predicted octanol–water partition coefficient (Wildman–Crippen LogP) is 2.36. The third-order valence-corrected chi connectivity index (χ3v) is 4.83. The van der Waals surface area contributed by atoms with Crippen molar-refractivity contribution in [3.63, 3.8) is 0 Å². The number of benzene rings is 1. The summed E-state index contributed by atoms with van der Waals surface area (Å²) < 4.78 is 42.8. The molecule has 140 valence electrons. The van der Waals surface area contributed by atoms with E-state index in [2.05, 4.69) is 9.97 Å². The quantitative estimate of drug-likeness (QED) is 0.698. The maximum atomic E-state index is 14.2. The molecule has 0 spiro atoms. The lowest BCUT2D eigenvalue weighted by Gasteiger charge is -2.26. The molecule has 0 unspecified atom stereocenters. The molecule has 27 heavy (non-hydrogen) atoms. The number of carbonyl (C=O) groups excluding carboxylic acids is 1. The first-order valence-corrected chi connectivity index (χ1v) is 8.43. The zero-order valence-corrected chi connectivity index (χ0v) is 14.4. The van der Waals surface area contributed by atoms with Crippen LogP contribution in [0.3, 0.4) is 0 Å². The Morgan fingerprint density at radius 1 is 1.30 bits per heavy atom. The van der Waals surface area contributed by atoms with Crippen LogP contribution >= 0.6 is 0 Å². The fourth-order valence-corrected chi connectivity index (χ4v) is 3.42. The van der Waals surface area contributed by atoms with Gasteiger partial charge in [-0.3, -0.25) is 9.59 Å². The van der Waals surface area contributed by atoms with Gasteiger partial charge in [0.15, 0.2) is 17.5 Å². The van der Waals surface area contributed by atoms with Gasteiger partial charge in [0.2, 0.25) is 5.43 Å². The Balaban J connectivity index is 1.85. The lowest BCUT2D eigenvalue weighted by Crippen LogP contribution is -2.38. The molecule has 0 aliphatic carbocycles. The first kappa shape index (κ1) is 17.3. The topological polar surface area (TPSA) is 71.0 Å². The summed E-state index contributed by atoms with van der Waals surface area (Å²) in [5.74, 6) is -5.10. The molecule has 0 atom stereocenters. The van der Waals surface area contributed by atoms with Crippen molar-refractivity contribution in [2.24, 2.45) is 0 Å². The van der Waals surface area contributed by atoms with Crippen LogP contribution in [0.4, 0.5) is 13.2 Å². The molecule has 4 rings (SSSR count). The van der Waals surface area contributed by atoms with E-state index in [1.807, 2.05) is 0 Å². The van der Waals surface area contributed by atoms with Crippen molar-refractivity contribution in [2.45, 2.75) is 26.4 Å². The second-order valence-corrected chi connectivity index (χ2v) is 6.34. The number of aromatic amines is 1. The van der Waals surface area contributed by atoms with Crippen molar-refractivity contribution >= 4 is 16.8 Å². The largest absolute Gasteiger partial charge is 0.347 e. The lowest BCUT2D eigenvalue weighted by molar-refractivity contribution is 0.0730. The zero-order chi connectivity index (χ0) is 19.3. The molecule has 0 fully saturated rings. The van der Waals surface area contributed by atoms with Crippen molar-refractivity contribution < 1.29 is 18.0 Å². The number of aromatic nitrogens is 3. The number of aryl methyl sites for hydroxylation is 1. The molecule has 1 aliphatic rings. The molecule has 9 heteroatoms. The summed E-state index contributed by atoms with van der Waals surface area (Å²) in [5, 5.41) is -0.363. The molecule has 2 aromatic heterocycles. The molecule has 0 bridgehead atoms. The summed E-state index contributed by atoms with van der Waals surface area (Å²) in [6, 6.07) is 0.641. The fourth-order valence-electron chi connectivity index (χ4n) is 3.42. The molecule has 1 amide bonds. The van der Waals surface area contributed by atoms with Crippen LogP contribution in [-0.2, 0) is 19.5 Å². The van der Waals surface area contributed by atoms with Gasteiger partial charge in [0.05, 0.1) is 35.2 Å². The van der Waals surface area contributed by atoms with E-state index in [0.29, 0.717) is 19.0 Å². The summed E-state index contributed by atoms with van der Waals surface area (Å²) in [7, 11) is 0. The Hall–Kier alpha value is -3.10. The van der Waals surface area contributed by atoms with Crippen molar-refractivity contribution in [3.8, 4) is 0 Å². The molecular formula is C18H15F3N4O2. The van der Waals surface area contributed by atoms with Gasteiger partial charge in [-0.25, -0.2) is 18.2 Å². The van der Waals surface area contributed by atoms with Crippen molar-refractivity contribution in [1.29, 1.82) is 0 Å². The molecule has 1 aliphatic heterocycles. The Bertz CT molecular complexity index is 1140. The van der Waals surface area contributed by atoms with Crippen LogP contribution < -0.4 is 5.43 Å². The first-order chi connectivity index (χ1) is 12.9. The lowest BCUT2D eigenvalue weighted by atomic mass is 10.1. The molecule has 0 saturated carbocycles. The minimum atomic E-state index is -1.65. The fraction of sp³-hybridized carbons (Fsp3) is 0.278. The van der Waals surface area contributed by atoms with Crippen LogP contribution in [0.2, 0.25) is 0 Å². The van der Waals surface area contributed by atoms with Gasteiger partial charge < -0.3 is 14.5 Å². The molecule has 1 aromatic carbocycles. The van der Waals surface area contributed by atoms with E-state index >= 15 is 0 Å². The van der Waals surface area contributed by atoms with Gasteiger partial charge in [-0.2, -0.15) is 0 Å². The maximum Gasteiger partial charge on any atom is 0.259 e. The summed E-state index contributed by atoms with van der Waals surface area (Å²) in [4.78, 5) is 34.3. The average molecular weight is 376 g/mol. The van der Waals surface area contributed by atoms with Gasteiger partial charge in [-0.05, 0) is 13.0 Å². The number of H-pyrrole nitrogens is 1. The van der Waals surface area contributed by atoms with E-state index in [0.717, 1.165) is 11.4 Å². The van der Waals surface area contributed by atoms with Crippen LogP contribution in [0.5, 0.6) is 0 Å². The number of hydrogen-bond donors (Lipinski definition) is 1. The highest BCUT2D eigenvalue weighted by Crippen LogP contribution is 2.23. The summed E-state index contributed by atoms with van der Waals surface area (Å²) in [5.41, 5.74) is 0.256. The number of amides is 1. The smallest absolute Gasteiger partial charge is 0.259 e. The van der Waals surface area contributed by atoms with Gasteiger partial charge in [0, 0.05) is 25.7 Å². The van der Waals surface area contributed by atoms with Crippen LogP contribution in [0, 0.1) is 17.5 Å². The van der Waals surface area contributed by atoms with Gasteiger partial charge in [-0.15, -0.1) is 0 Å². The normalized spacial score (nSPS) is 13.9. The standard InChI is InChI=1S/C18H15F3N4O2/c1-2-24-6-10(17(26)9-5-11(19)14(20)15(21)16(9)24)18(27)25-4-3-12-13(7-25)23-8-22-12/h5-6,8H,2-4,7H2,1H3,(H,22,23). The van der Waals surface area contributed by atoms with Crippen molar-refractivity contribution in [1.82, 2.24) is 19.4 Å². The van der Waals surface area contributed by atoms with E-state index in [9.17, 15) is 22.8 Å². The van der Waals surface area contributed by atoms with Gasteiger partial charge in [0.25, 0.3) is 5.91 Å². The van der Waals surface area contributed by atoms with E-state index in [4.69, 9.17) is 0 Å². The highest BCUT2D eigenvalue weighted by atomic mass is 19.2. The number of halogens is 3. The molecule has 3 heterocycles. The predicted molar refractivity (Wildman–Crippen MR) is 90.8 cm³/mol. The number of nitrogens with zero attached hydrogens (tertiary/aromatic N) is 3. The minimum absolute atomic E-state index is 0.170. The van der Waals surface area contributed by atoms with E-state index in [-0.39, 0.29) is 29.6 Å². The van der Waals surface area contributed by atoms with Gasteiger partial charge in [-0.1, -0.05) is 0 Å². The summed E-state index contributed by atoms with van der Waals surface area (Å²) in [6.07, 6.45) is 3.28. The SMILES string of the molecule is CCn1cc(C(=O)N2CCc3nc[nH]c3C2)c(=O)c2cc(F)c(F)c(F)c21. The molecule has 0 radical (unpaired) electrons. The number of rotatable bonds is 2. The van der Waals surface area contributed by atoms with Gasteiger partial charge >= 0.3 is 0 Å². The molecular weight excluding hydrogens is 361 g/mol. The summed E-state index contributed by atoms with van der Waals surface area (Å²) in [6.45, 7) is 2.44. The highest BCUT2D eigenvalue weighted by molar-refractivity contribution is 5.97. The Labute approximate surface area is 151 Å². The monoisotopic (exact) mass is 376 g/mol. The minimum Gasteiger partial charge on any atom is -0.347 e. The average Bonchev–Trinajstić information content (AvgIpc) is 3.14. The number of hydrogen-bond acceptors (Lipinski definition) is 3. The van der Waals surface area contributed by atoms with E-state index in [1.54, 1.807) is 13.3 Å². The zero-order valence-electron chi connectivity index (χ0n) is 14.4. The molecule has 0 saturated heterocycles. The molecule has 6 nitrogen and oxygen atoms in total. The number of pyridine rings is 1. The first-order valence-electron chi connectivity index (χ1n) is 8.43. The van der Waals surface area contributed by atoms with Crippen molar-refractivity contribution in [2.75, 3.05) is 6.54 Å². The Kier molecular flexibility index (Phi) is 4.01. The molecule has 3 aromatic rings. The van der Waals surface area contributed by atoms with Crippen LogP contribution in [0.1, 0.15) is 28.7 Å². The van der Waals surface area contributed by atoms with Gasteiger partial charge in [0.1, 0.15) is 5.56 Å². The van der Waals surface area contributed by atoms with E-state index < -0.39 is 28.8 Å². The Morgan fingerprint density at radius 2 is 2.07 bits per heavy atom. The third kappa shape index (κ3) is 2.61. The second kappa shape index (κ2) is 6.26. The van der Waals surface area contributed by atoms with Crippen LogP contribution in [0.25, 0.3) is 10.9 Å². The van der Waals surface area contributed by atoms with Crippen LogP contribution in [0.15, 0.2) is 23.4 Å². The highest BCUT2D eigenvalue weighted by Gasteiger charge is 2.27.